The van der Waals surface area contributed by atoms with Crippen molar-refractivity contribution in [2.75, 3.05) is 7.11 Å². The van der Waals surface area contributed by atoms with Crippen LogP contribution in [0.15, 0.2) is 0 Å². The molecule has 0 N–H and O–H groups in total. The lowest BCUT2D eigenvalue weighted by Crippen LogP contribution is -1.95. The summed E-state index contributed by atoms with van der Waals surface area (Å²) < 4.78 is 5.18. The van der Waals surface area contributed by atoms with Crippen LogP contribution in [0.25, 0.3) is 0 Å². The van der Waals surface area contributed by atoms with E-state index < -0.39 is 0 Å². The van der Waals surface area contributed by atoms with Crippen molar-refractivity contribution in [1.82, 2.24) is 0 Å². The van der Waals surface area contributed by atoms with Gasteiger partial charge in [-0.1, -0.05) is 23.2 Å². The predicted octanol–water partition coefficient (Wildman–Crippen LogP) is 3.93. The fraction of sp³-hybridized carbons (Fsp3) is 0.400. The zero-order valence-corrected chi connectivity index (χ0v) is 9.68. The zero-order valence-electron chi connectivity index (χ0n) is 8.16. The Morgan fingerprint density at radius 3 is 1.77 bits per heavy atom. The van der Waals surface area contributed by atoms with Crippen LogP contribution in [-0.4, -0.2) is 7.11 Å². The number of methoxy groups -OCH3 is 1. The lowest BCUT2D eigenvalue weighted by Gasteiger charge is -2.14. The van der Waals surface area contributed by atoms with Crippen molar-refractivity contribution in [1.29, 1.82) is 0 Å². The van der Waals surface area contributed by atoms with Gasteiger partial charge < -0.3 is 4.74 Å². The summed E-state index contributed by atoms with van der Waals surface area (Å²) >= 11 is 12.2. The summed E-state index contributed by atoms with van der Waals surface area (Å²) in [4.78, 5) is 0. The topological polar surface area (TPSA) is 9.23 Å². The molecule has 72 valence electrons. The molecule has 0 aliphatic carbocycles. The van der Waals surface area contributed by atoms with E-state index in [4.69, 9.17) is 27.9 Å². The Morgan fingerprint density at radius 2 is 1.31 bits per heavy atom. The highest BCUT2D eigenvalue weighted by Gasteiger charge is 2.14. The first-order valence-corrected chi connectivity index (χ1v) is 4.75. The molecule has 0 saturated heterocycles. The molecule has 1 aromatic carbocycles. The van der Waals surface area contributed by atoms with E-state index in [9.17, 15) is 0 Å². The predicted molar refractivity (Wildman–Crippen MR) is 57.2 cm³/mol. The van der Waals surface area contributed by atoms with Crippen molar-refractivity contribution in [3.8, 4) is 5.75 Å². The third-order valence-corrected chi connectivity index (χ3v) is 3.32. The number of hydrogen-bond donors (Lipinski definition) is 0. The molecule has 0 atom stereocenters. The Bertz CT molecular complexity index is 316. The average molecular weight is 219 g/mol. The summed E-state index contributed by atoms with van der Waals surface area (Å²) in [5.41, 5.74) is 2.90. The molecule has 13 heavy (non-hydrogen) atoms. The first kappa shape index (κ1) is 10.7. The smallest absolute Gasteiger partial charge is 0.142 e. The van der Waals surface area contributed by atoms with Crippen LogP contribution in [0.4, 0.5) is 0 Å². The number of ether oxygens (including phenoxy) is 1. The van der Waals surface area contributed by atoms with Crippen LogP contribution in [0.1, 0.15) is 16.7 Å². The Morgan fingerprint density at radius 1 is 0.846 bits per heavy atom. The monoisotopic (exact) mass is 218 g/mol. The summed E-state index contributed by atoms with van der Waals surface area (Å²) in [5.74, 6) is 0.676. The Kier molecular flexibility index (Phi) is 3.09. The number of halogens is 2. The van der Waals surface area contributed by atoms with Gasteiger partial charge in [0, 0.05) is 5.56 Å². The van der Waals surface area contributed by atoms with Crippen molar-refractivity contribution >= 4 is 23.2 Å². The van der Waals surface area contributed by atoms with Gasteiger partial charge in [0.05, 0.1) is 17.2 Å². The van der Waals surface area contributed by atoms with Crippen molar-refractivity contribution in [3.63, 3.8) is 0 Å². The summed E-state index contributed by atoms with van der Waals surface area (Å²) in [6.45, 7) is 5.79. The molecule has 1 nitrogen and oxygen atoms in total. The fourth-order valence-corrected chi connectivity index (χ4v) is 1.88. The second-order valence-corrected chi connectivity index (χ2v) is 3.79. The van der Waals surface area contributed by atoms with Crippen LogP contribution < -0.4 is 4.74 Å². The zero-order chi connectivity index (χ0) is 10.2. The molecule has 0 unspecified atom stereocenters. The minimum Gasteiger partial charge on any atom is -0.495 e. The molecule has 1 aromatic rings. The van der Waals surface area contributed by atoms with E-state index in [0.29, 0.717) is 10.8 Å². The van der Waals surface area contributed by atoms with Gasteiger partial charge in [0.1, 0.15) is 5.75 Å². The lowest BCUT2D eigenvalue weighted by molar-refractivity contribution is 0.411. The molecule has 0 amide bonds. The van der Waals surface area contributed by atoms with Gasteiger partial charge in [-0.2, -0.15) is 0 Å². The Hall–Kier alpha value is -0.400. The molecule has 0 saturated carbocycles. The van der Waals surface area contributed by atoms with Gasteiger partial charge in [0.15, 0.2) is 0 Å². The quantitative estimate of drug-likeness (QED) is 0.695. The molecule has 1 rings (SSSR count). The highest BCUT2D eigenvalue weighted by molar-refractivity contribution is 6.36. The van der Waals surface area contributed by atoms with Crippen LogP contribution in [0.5, 0.6) is 5.75 Å². The maximum atomic E-state index is 6.10. The van der Waals surface area contributed by atoms with E-state index in [-0.39, 0.29) is 0 Å². The van der Waals surface area contributed by atoms with E-state index in [1.807, 2.05) is 20.8 Å². The molecule has 0 aliphatic heterocycles. The summed E-state index contributed by atoms with van der Waals surface area (Å²) in [7, 11) is 1.60. The lowest BCUT2D eigenvalue weighted by atomic mass is 10.1. The van der Waals surface area contributed by atoms with Gasteiger partial charge in [-0.15, -0.1) is 0 Å². The second kappa shape index (κ2) is 3.77. The fourth-order valence-electron chi connectivity index (χ4n) is 1.29. The van der Waals surface area contributed by atoms with E-state index >= 15 is 0 Å². The molecule has 0 aliphatic rings. The van der Waals surface area contributed by atoms with Crippen LogP contribution >= 0.6 is 23.2 Å². The highest BCUT2D eigenvalue weighted by Crippen LogP contribution is 2.38. The van der Waals surface area contributed by atoms with E-state index in [0.717, 1.165) is 21.7 Å². The van der Waals surface area contributed by atoms with Gasteiger partial charge in [0.25, 0.3) is 0 Å². The van der Waals surface area contributed by atoms with Crippen LogP contribution in [-0.2, 0) is 0 Å². The van der Waals surface area contributed by atoms with Gasteiger partial charge in [-0.3, -0.25) is 0 Å². The van der Waals surface area contributed by atoms with Crippen molar-refractivity contribution in [3.05, 3.63) is 26.7 Å². The molecular formula is C10H12Cl2O. The maximum absolute atomic E-state index is 6.10. The van der Waals surface area contributed by atoms with E-state index in [2.05, 4.69) is 0 Å². The number of hydrogen-bond acceptors (Lipinski definition) is 1. The Balaban J connectivity index is 3.56. The molecule has 0 aromatic heterocycles. The molecule has 0 spiro atoms. The first-order valence-electron chi connectivity index (χ1n) is 3.99. The van der Waals surface area contributed by atoms with Gasteiger partial charge in [-0.25, -0.2) is 0 Å². The minimum absolute atomic E-state index is 0.655. The van der Waals surface area contributed by atoms with Crippen LogP contribution in [0.3, 0.4) is 0 Å². The summed E-state index contributed by atoms with van der Waals surface area (Å²) in [6.07, 6.45) is 0. The second-order valence-electron chi connectivity index (χ2n) is 3.04. The normalized spacial score (nSPS) is 10.3. The maximum Gasteiger partial charge on any atom is 0.142 e. The standard InChI is InChI=1S/C10H12Cl2O/c1-5-6(2)9(12)10(13-4)7(3)8(5)11/h1-4H3. The minimum atomic E-state index is 0.655. The number of rotatable bonds is 1. The third-order valence-electron chi connectivity index (χ3n) is 2.29. The van der Waals surface area contributed by atoms with Gasteiger partial charge in [0.2, 0.25) is 0 Å². The van der Waals surface area contributed by atoms with Crippen molar-refractivity contribution in [2.45, 2.75) is 20.8 Å². The van der Waals surface area contributed by atoms with E-state index in [1.54, 1.807) is 7.11 Å². The first-order chi connectivity index (χ1) is 6.00. The van der Waals surface area contributed by atoms with Crippen LogP contribution in [0.2, 0.25) is 10.0 Å². The molecule has 0 fully saturated rings. The van der Waals surface area contributed by atoms with Crippen LogP contribution in [0, 0.1) is 20.8 Å². The molecule has 0 heterocycles. The third kappa shape index (κ3) is 1.63. The highest BCUT2D eigenvalue weighted by atomic mass is 35.5. The molecule has 0 bridgehead atoms. The van der Waals surface area contributed by atoms with Gasteiger partial charge in [-0.05, 0) is 31.9 Å². The van der Waals surface area contributed by atoms with Crippen molar-refractivity contribution in [2.24, 2.45) is 0 Å². The molecule has 3 heteroatoms. The number of benzene rings is 1. The van der Waals surface area contributed by atoms with Gasteiger partial charge >= 0.3 is 0 Å². The molecular weight excluding hydrogens is 207 g/mol. The average Bonchev–Trinajstić information content (AvgIpc) is 2.13. The summed E-state index contributed by atoms with van der Waals surface area (Å²) in [5, 5.41) is 1.39. The van der Waals surface area contributed by atoms with E-state index in [1.165, 1.54) is 0 Å². The Labute approximate surface area is 88.6 Å². The van der Waals surface area contributed by atoms with Crippen molar-refractivity contribution < 1.29 is 4.74 Å². The SMILES string of the molecule is COc1c(C)c(Cl)c(C)c(C)c1Cl. The molecule has 0 radical (unpaired) electrons. The summed E-state index contributed by atoms with van der Waals surface area (Å²) in [6, 6.07) is 0. The largest absolute Gasteiger partial charge is 0.495 e.